The van der Waals surface area contributed by atoms with Crippen LogP contribution in [0.5, 0.6) is 0 Å². The topological polar surface area (TPSA) is 29.3 Å². The van der Waals surface area contributed by atoms with Gasteiger partial charge < -0.3 is 10.6 Å². The van der Waals surface area contributed by atoms with E-state index in [1.807, 2.05) is 0 Å². The van der Waals surface area contributed by atoms with Gasteiger partial charge in [-0.3, -0.25) is 0 Å². The average Bonchev–Trinajstić information content (AvgIpc) is 2.37. The van der Waals surface area contributed by atoms with Crippen LogP contribution in [0.25, 0.3) is 0 Å². The first kappa shape index (κ1) is 11.4. The largest absolute Gasteiger partial charge is 0.325 e. The molecule has 2 N–H and O–H groups in total. The molecule has 0 spiro atoms. The summed E-state index contributed by atoms with van der Waals surface area (Å²) in [7, 11) is 0. The molecule has 88 valence electrons. The van der Waals surface area contributed by atoms with E-state index in [1.165, 1.54) is 64.5 Å². The van der Waals surface area contributed by atoms with Gasteiger partial charge in [-0.1, -0.05) is 12.8 Å². The molecular formula is C13H26N2. The van der Waals surface area contributed by atoms with E-state index in [0.29, 0.717) is 0 Å². The van der Waals surface area contributed by atoms with Crippen molar-refractivity contribution in [1.82, 2.24) is 4.90 Å². The second kappa shape index (κ2) is 4.84. The zero-order valence-corrected chi connectivity index (χ0v) is 10.2. The van der Waals surface area contributed by atoms with E-state index in [-0.39, 0.29) is 5.54 Å². The minimum Gasteiger partial charge on any atom is -0.325 e. The van der Waals surface area contributed by atoms with Gasteiger partial charge in [-0.25, -0.2) is 0 Å². The molecule has 1 saturated heterocycles. The van der Waals surface area contributed by atoms with Crippen molar-refractivity contribution in [1.29, 1.82) is 0 Å². The SMILES string of the molecule is CC1CCCCCN1CCC1(N)CCC1. The molecule has 2 heteroatoms. The Morgan fingerprint density at radius 1 is 1.20 bits per heavy atom. The molecule has 0 aromatic carbocycles. The van der Waals surface area contributed by atoms with Crippen LogP contribution in [-0.4, -0.2) is 29.6 Å². The molecule has 0 aromatic heterocycles. The fraction of sp³-hybridized carbons (Fsp3) is 1.00. The molecule has 0 aromatic rings. The van der Waals surface area contributed by atoms with Gasteiger partial charge in [-0.2, -0.15) is 0 Å². The van der Waals surface area contributed by atoms with Crippen molar-refractivity contribution in [3.05, 3.63) is 0 Å². The Kier molecular flexibility index (Phi) is 3.68. The van der Waals surface area contributed by atoms with Crippen LogP contribution in [0.1, 0.15) is 58.3 Å². The summed E-state index contributed by atoms with van der Waals surface area (Å²) in [6, 6.07) is 0.788. The first-order valence-corrected chi connectivity index (χ1v) is 6.73. The Bertz CT molecular complexity index is 199. The lowest BCUT2D eigenvalue weighted by molar-refractivity contribution is 0.155. The molecule has 1 atom stereocenters. The van der Waals surface area contributed by atoms with E-state index in [0.717, 1.165) is 6.04 Å². The summed E-state index contributed by atoms with van der Waals surface area (Å²) in [6.45, 7) is 4.92. The zero-order chi connectivity index (χ0) is 10.7. The minimum absolute atomic E-state index is 0.214. The third-order valence-corrected chi connectivity index (χ3v) is 4.44. The van der Waals surface area contributed by atoms with E-state index < -0.39 is 0 Å². The Morgan fingerprint density at radius 2 is 2.00 bits per heavy atom. The molecule has 1 saturated carbocycles. The van der Waals surface area contributed by atoms with E-state index >= 15 is 0 Å². The maximum Gasteiger partial charge on any atom is 0.0166 e. The molecule has 1 heterocycles. The van der Waals surface area contributed by atoms with Crippen LogP contribution in [0.3, 0.4) is 0 Å². The molecule has 1 aliphatic heterocycles. The predicted octanol–water partition coefficient (Wildman–Crippen LogP) is 2.52. The molecule has 0 amide bonds. The highest BCUT2D eigenvalue weighted by molar-refractivity contribution is 4.93. The van der Waals surface area contributed by atoms with Crippen LogP contribution in [0.15, 0.2) is 0 Å². The predicted molar refractivity (Wildman–Crippen MR) is 64.9 cm³/mol. The number of nitrogens with two attached hydrogens (primary N) is 1. The van der Waals surface area contributed by atoms with Crippen molar-refractivity contribution in [2.45, 2.75) is 69.9 Å². The number of hydrogen-bond acceptors (Lipinski definition) is 2. The maximum atomic E-state index is 6.28. The summed E-state index contributed by atoms with van der Waals surface area (Å²) < 4.78 is 0. The molecule has 1 aliphatic carbocycles. The van der Waals surface area contributed by atoms with Gasteiger partial charge in [0.2, 0.25) is 0 Å². The van der Waals surface area contributed by atoms with Crippen LogP contribution >= 0.6 is 0 Å². The van der Waals surface area contributed by atoms with Crippen molar-refractivity contribution in [2.75, 3.05) is 13.1 Å². The standard InChI is InChI=1S/C13H26N2/c1-12-6-3-2-4-10-15(12)11-9-13(14)7-5-8-13/h12H,2-11,14H2,1H3. The highest BCUT2D eigenvalue weighted by Crippen LogP contribution is 2.32. The van der Waals surface area contributed by atoms with Gasteiger partial charge in [0.05, 0.1) is 0 Å². The number of rotatable bonds is 3. The molecular weight excluding hydrogens is 184 g/mol. The molecule has 2 aliphatic rings. The number of nitrogens with zero attached hydrogens (tertiary/aromatic N) is 1. The van der Waals surface area contributed by atoms with E-state index in [9.17, 15) is 0 Å². The fourth-order valence-corrected chi connectivity index (χ4v) is 2.91. The first-order valence-electron chi connectivity index (χ1n) is 6.73. The third kappa shape index (κ3) is 2.94. The fourth-order valence-electron chi connectivity index (χ4n) is 2.91. The van der Waals surface area contributed by atoms with Crippen molar-refractivity contribution < 1.29 is 0 Å². The highest BCUT2D eigenvalue weighted by atomic mass is 15.1. The maximum absolute atomic E-state index is 6.28. The van der Waals surface area contributed by atoms with Crippen LogP contribution in [0.4, 0.5) is 0 Å². The quantitative estimate of drug-likeness (QED) is 0.775. The van der Waals surface area contributed by atoms with E-state index in [4.69, 9.17) is 5.73 Å². The summed E-state index contributed by atoms with van der Waals surface area (Å²) in [6.07, 6.45) is 10.7. The number of likely N-dealkylation sites (tertiary alicyclic amines) is 1. The Morgan fingerprint density at radius 3 is 2.67 bits per heavy atom. The molecule has 15 heavy (non-hydrogen) atoms. The van der Waals surface area contributed by atoms with Crippen LogP contribution in [-0.2, 0) is 0 Å². The zero-order valence-electron chi connectivity index (χ0n) is 10.2. The van der Waals surface area contributed by atoms with Crippen molar-refractivity contribution in [3.63, 3.8) is 0 Å². The lowest BCUT2D eigenvalue weighted by Gasteiger charge is -2.40. The summed E-state index contributed by atoms with van der Waals surface area (Å²) in [5.74, 6) is 0. The van der Waals surface area contributed by atoms with Crippen molar-refractivity contribution in [3.8, 4) is 0 Å². The summed E-state index contributed by atoms with van der Waals surface area (Å²) >= 11 is 0. The summed E-state index contributed by atoms with van der Waals surface area (Å²) in [5.41, 5.74) is 6.49. The Labute approximate surface area is 94.2 Å². The highest BCUT2D eigenvalue weighted by Gasteiger charge is 2.32. The van der Waals surface area contributed by atoms with Crippen molar-refractivity contribution in [2.24, 2.45) is 5.73 Å². The molecule has 2 fully saturated rings. The molecule has 0 bridgehead atoms. The monoisotopic (exact) mass is 210 g/mol. The molecule has 0 radical (unpaired) electrons. The minimum atomic E-state index is 0.214. The molecule has 2 nitrogen and oxygen atoms in total. The lowest BCUT2D eigenvalue weighted by Crippen LogP contribution is -2.49. The van der Waals surface area contributed by atoms with Gasteiger partial charge in [-0.15, -0.1) is 0 Å². The summed E-state index contributed by atoms with van der Waals surface area (Å²) in [5, 5.41) is 0. The molecule has 1 unspecified atom stereocenters. The second-order valence-corrected chi connectivity index (χ2v) is 5.70. The first-order chi connectivity index (χ1) is 7.20. The van der Waals surface area contributed by atoms with Crippen LogP contribution in [0.2, 0.25) is 0 Å². The molecule has 2 rings (SSSR count). The van der Waals surface area contributed by atoms with E-state index in [2.05, 4.69) is 11.8 Å². The smallest absolute Gasteiger partial charge is 0.0166 e. The van der Waals surface area contributed by atoms with Gasteiger partial charge in [0.15, 0.2) is 0 Å². The van der Waals surface area contributed by atoms with Gasteiger partial charge in [0, 0.05) is 18.1 Å². The number of hydrogen-bond donors (Lipinski definition) is 1. The van der Waals surface area contributed by atoms with Crippen LogP contribution < -0.4 is 5.73 Å². The van der Waals surface area contributed by atoms with Gasteiger partial charge in [0.25, 0.3) is 0 Å². The Balaban J connectivity index is 1.76. The third-order valence-electron chi connectivity index (χ3n) is 4.44. The Hall–Kier alpha value is -0.0800. The van der Waals surface area contributed by atoms with Crippen molar-refractivity contribution >= 4 is 0 Å². The van der Waals surface area contributed by atoms with Gasteiger partial charge in [-0.05, 0) is 52.0 Å². The lowest BCUT2D eigenvalue weighted by atomic mass is 9.75. The van der Waals surface area contributed by atoms with Gasteiger partial charge in [0.1, 0.15) is 0 Å². The normalized spacial score (nSPS) is 32.0. The van der Waals surface area contributed by atoms with Gasteiger partial charge >= 0.3 is 0 Å². The average molecular weight is 210 g/mol. The summed E-state index contributed by atoms with van der Waals surface area (Å²) in [4.78, 5) is 2.67. The second-order valence-electron chi connectivity index (χ2n) is 5.70. The van der Waals surface area contributed by atoms with Crippen LogP contribution in [0, 0.1) is 0 Å². The van der Waals surface area contributed by atoms with E-state index in [1.54, 1.807) is 0 Å².